The van der Waals surface area contributed by atoms with E-state index in [-0.39, 0.29) is 0 Å². The van der Waals surface area contributed by atoms with Gasteiger partial charge in [-0.1, -0.05) is 6.92 Å². The first-order valence-electron chi connectivity index (χ1n) is 7.89. The van der Waals surface area contributed by atoms with Gasteiger partial charge in [0.25, 0.3) is 0 Å². The Morgan fingerprint density at radius 1 is 1.52 bits per heavy atom. The Balaban J connectivity index is 2.12. The zero-order valence-corrected chi connectivity index (χ0v) is 13.0. The Hall–Kier alpha value is -1.62. The van der Waals surface area contributed by atoms with Crippen LogP contribution in [0.5, 0.6) is 0 Å². The smallest absolute Gasteiger partial charge is 0.250 e. The monoisotopic (exact) mass is 290 g/mol. The zero-order valence-electron chi connectivity index (χ0n) is 13.0. The summed E-state index contributed by atoms with van der Waals surface area (Å²) in [5, 5.41) is 3.59. The molecule has 116 valence electrons. The lowest BCUT2D eigenvalue weighted by atomic mass is 9.96. The van der Waals surface area contributed by atoms with Crippen molar-refractivity contribution in [1.29, 1.82) is 0 Å². The standard InChI is InChI=1S/C16H26N4O/c1-3-9-18-12(2)14-6-4-5-10-20(14)15-8-7-13(11-19-15)16(17)21/h7-8,11-12,14,18H,3-6,9-10H2,1-2H3,(H2,17,21). The van der Waals surface area contributed by atoms with Gasteiger partial charge in [-0.2, -0.15) is 0 Å². The van der Waals surface area contributed by atoms with Crippen LogP contribution in [0.1, 0.15) is 49.9 Å². The van der Waals surface area contributed by atoms with Crippen LogP contribution in [-0.2, 0) is 0 Å². The van der Waals surface area contributed by atoms with Gasteiger partial charge in [0, 0.05) is 24.8 Å². The van der Waals surface area contributed by atoms with Crippen LogP contribution < -0.4 is 16.0 Å². The quantitative estimate of drug-likeness (QED) is 0.840. The molecule has 1 aromatic heterocycles. The molecule has 0 saturated carbocycles. The fourth-order valence-electron chi connectivity index (χ4n) is 2.97. The van der Waals surface area contributed by atoms with Crippen molar-refractivity contribution in [2.75, 3.05) is 18.0 Å². The second-order valence-corrected chi connectivity index (χ2v) is 5.77. The first-order chi connectivity index (χ1) is 10.1. The van der Waals surface area contributed by atoms with Gasteiger partial charge in [-0.25, -0.2) is 4.98 Å². The predicted molar refractivity (Wildman–Crippen MR) is 85.5 cm³/mol. The molecule has 1 amide bonds. The largest absolute Gasteiger partial charge is 0.366 e. The van der Waals surface area contributed by atoms with Gasteiger partial charge in [-0.05, 0) is 51.3 Å². The van der Waals surface area contributed by atoms with Crippen molar-refractivity contribution in [2.45, 2.75) is 51.6 Å². The third-order valence-electron chi connectivity index (χ3n) is 4.17. The summed E-state index contributed by atoms with van der Waals surface area (Å²) in [6.07, 6.45) is 6.35. The summed E-state index contributed by atoms with van der Waals surface area (Å²) in [4.78, 5) is 17.9. The second kappa shape index (κ2) is 7.41. The lowest BCUT2D eigenvalue weighted by molar-refractivity contribution is 0.1000. The van der Waals surface area contributed by atoms with E-state index in [4.69, 9.17) is 5.73 Å². The molecule has 2 unspecified atom stereocenters. The number of pyridine rings is 1. The third kappa shape index (κ3) is 3.94. The molecule has 1 aliphatic rings. The maximum atomic E-state index is 11.1. The predicted octanol–water partition coefficient (Wildman–Crippen LogP) is 1.93. The van der Waals surface area contributed by atoms with E-state index in [0.29, 0.717) is 17.6 Å². The number of amides is 1. The number of nitrogens with two attached hydrogens (primary N) is 1. The molecule has 5 heteroatoms. The average molecular weight is 290 g/mol. The van der Waals surface area contributed by atoms with Gasteiger partial charge >= 0.3 is 0 Å². The molecule has 21 heavy (non-hydrogen) atoms. The minimum atomic E-state index is -0.428. The number of primary amides is 1. The number of hydrogen-bond acceptors (Lipinski definition) is 4. The van der Waals surface area contributed by atoms with Gasteiger partial charge < -0.3 is 16.0 Å². The summed E-state index contributed by atoms with van der Waals surface area (Å²) in [5.74, 6) is 0.511. The van der Waals surface area contributed by atoms with Gasteiger partial charge in [0.2, 0.25) is 5.91 Å². The van der Waals surface area contributed by atoms with Crippen molar-refractivity contribution in [2.24, 2.45) is 5.73 Å². The number of carbonyl (C=O) groups is 1. The molecule has 1 saturated heterocycles. The van der Waals surface area contributed by atoms with Crippen LogP contribution in [-0.4, -0.2) is 36.1 Å². The Kier molecular flexibility index (Phi) is 5.56. The number of nitrogens with one attached hydrogen (secondary N) is 1. The molecular weight excluding hydrogens is 264 g/mol. The SMILES string of the molecule is CCCNC(C)C1CCCCN1c1ccc(C(N)=O)cn1. The Labute approximate surface area is 126 Å². The highest BCUT2D eigenvalue weighted by Gasteiger charge is 2.27. The van der Waals surface area contributed by atoms with Crippen molar-refractivity contribution < 1.29 is 4.79 Å². The van der Waals surface area contributed by atoms with Crippen LogP contribution in [0.15, 0.2) is 18.3 Å². The Morgan fingerprint density at radius 3 is 2.95 bits per heavy atom. The molecule has 0 spiro atoms. The fraction of sp³-hybridized carbons (Fsp3) is 0.625. The molecule has 0 aromatic carbocycles. The molecule has 0 aliphatic carbocycles. The molecule has 1 fully saturated rings. The maximum Gasteiger partial charge on any atom is 0.250 e. The lowest BCUT2D eigenvalue weighted by Gasteiger charge is -2.40. The van der Waals surface area contributed by atoms with E-state index in [1.54, 1.807) is 12.3 Å². The number of piperidine rings is 1. The van der Waals surface area contributed by atoms with Crippen molar-refractivity contribution in [3.8, 4) is 0 Å². The van der Waals surface area contributed by atoms with E-state index in [2.05, 4.69) is 29.0 Å². The summed E-state index contributed by atoms with van der Waals surface area (Å²) < 4.78 is 0. The molecule has 1 aliphatic heterocycles. The van der Waals surface area contributed by atoms with Gasteiger partial charge in [0.05, 0.1) is 5.56 Å². The molecular formula is C16H26N4O. The minimum absolute atomic E-state index is 0.428. The summed E-state index contributed by atoms with van der Waals surface area (Å²) in [7, 11) is 0. The summed E-state index contributed by atoms with van der Waals surface area (Å²) in [6, 6.07) is 4.56. The first kappa shape index (κ1) is 15.8. The van der Waals surface area contributed by atoms with E-state index < -0.39 is 5.91 Å². The molecule has 5 nitrogen and oxygen atoms in total. The fourth-order valence-corrected chi connectivity index (χ4v) is 2.97. The van der Waals surface area contributed by atoms with E-state index in [1.807, 2.05) is 6.07 Å². The molecule has 0 radical (unpaired) electrons. The number of hydrogen-bond donors (Lipinski definition) is 2. The topological polar surface area (TPSA) is 71.2 Å². The number of anilines is 1. The normalized spacial score (nSPS) is 20.3. The van der Waals surface area contributed by atoms with Gasteiger partial charge in [0.1, 0.15) is 5.82 Å². The van der Waals surface area contributed by atoms with Crippen LogP contribution in [0.2, 0.25) is 0 Å². The molecule has 1 aromatic rings. The first-order valence-corrected chi connectivity index (χ1v) is 7.89. The Morgan fingerprint density at radius 2 is 2.33 bits per heavy atom. The van der Waals surface area contributed by atoms with E-state index >= 15 is 0 Å². The lowest BCUT2D eigenvalue weighted by Crippen LogP contribution is -2.51. The van der Waals surface area contributed by atoms with Crippen molar-refractivity contribution in [3.63, 3.8) is 0 Å². The summed E-state index contributed by atoms with van der Waals surface area (Å²) >= 11 is 0. The Bertz CT molecular complexity index is 460. The van der Waals surface area contributed by atoms with Gasteiger partial charge in [-0.15, -0.1) is 0 Å². The van der Waals surface area contributed by atoms with Crippen molar-refractivity contribution in [3.05, 3.63) is 23.9 Å². The summed E-state index contributed by atoms with van der Waals surface area (Å²) in [5.41, 5.74) is 5.73. The van der Waals surface area contributed by atoms with Gasteiger partial charge in [0.15, 0.2) is 0 Å². The van der Waals surface area contributed by atoms with Crippen LogP contribution in [0.4, 0.5) is 5.82 Å². The number of nitrogens with zero attached hydrogens (tertiary/aromatic N) is 2. The molecule has 0 bridgehead atoms. The van der Waals surface area contributed by atoms with Crippen LogP contribution in [0.25, 0.3) is 0 Å². The van der Waals surface area contributed by atoms with E-state index in [9.17, 15) is 4.79 Å². The maximum absolute atomic E-state index is 11.1. The van der Waals surface area contributed by atoms with Crippen LogP contribution >= 0.6 is 0 Å². The highest BCUT2D eigenvalue weighted by Crippen LogP contribution is 2.25. The van der Waals surface area contributed by atoms with Crippen LogP contribution in [0, 0.1) is 0 Å². The molecule has 2 heterocycles. The van der Waals surface area contributed by atoms with Crippen molar-refractivity contribution >= 4 is 11.7 Å². The number of carbonyl (C=O) groups excluding carboxylic acids is 1. The van der Waals surface area contributed by atoms with Gasteiger partial charge in [-0.3, -0.25) is 4.79 Å². The third-order valence-corrected chi connectivity index (χ3v) is 4.17. The zero-order chi connectivity index (χ0) is 15.2. The minimum Gasteiger partial charge on any atom is -0.366 e. The highest BCUT2D eigenvalue weighted by atomic mass is 16.1. The van der Waals surface area contributed by atoms with E-state index in [0.717, 1.165) is 25.3 Å². The second-order valence-electron chi connectivity index (χ2n) is 5.77. The molecule has 2 rings (SSSR count). The number of aromatic nitrogens is 1. The molecule has 2 atom stereocenters. The van der Waals surface area contributed by atoms with Crippen molar-refractivity contribution in [1.82, 2.24) is 10.3 Å². The summed E-state index contributed by atoms with van der Waals surface area (Å²) in [6.45, 7) is 6.49. The van der Waals surface area contributed by atoms with Crippen LogP contribution in [0.3, 0.4) is 0 Å². The highest BCUT2D eigenvalue weighted by molar-refractivity contribution is 5.92. The number of rotatable bonds is 6. The molecule has 3 N–H and O–H groups in total. The average Bonchev–Trinajstić information content (AvgIpc) is 2.52. The van der Waals surface area contributed by atoms with E-state index in [1.165, 1.54) is 19.3 Å².